The van der Waals surface area contributed by atoms with Gasteiger partial charge in [-0.05, 0) is 24.0 Å². The molecule has 84 valence electrons. The average Bonchev–Trinajstić information content (AvgIpc) is 2.87. The molecule has 16 heavy (non-hydrogen) atoms. The summed E-state index contributed by atoms with van der Waals surface area (Å²) in [5, 5.41) is 7.97. The number of hydrogen-bond acceptors (Lipinski definition) is 5. The summed E-state index contributed by atoms with van der Waals surface area (Å²) in [5.41, 5.74) is 1.36. The highest BCUT2D eigenvalue weighted by Crippen LogP contribution is 2.17. The Kier molecular flexibility index (Phi) is 3.09. The second-order valence-electron chi connectivity index (χ2n) is 3.47. The molecule has 0 saturated carbocycles. The number of carbonyl (C=O) groups excluding carboxylic acids is 1. The van der Waals surface area contributed by atoms with Crippen molar-refractivity contribution in [3.63, 3.8) is 0 Å². The number of rotatable bonds is 4. The van der Waals surface area contributed by atoms with E-state index in [4.69, 9.17) is 0 Å². The van der Waals surface area contributed by atoms with E-state index in [1.54, 1.807) is 24.0 Å². The summed E-state index contributed by atoms with van der Waals surface area (Å²) in [7, 11) is 1.75. The molecule has 2 rings (SSSR count). The summed E-state index contributed by atoms with van der Waals surface area (Å²) in [6.45, 7) is 2.05. The molecule has 2 heterocycles. The van der Waals surface area contributed by atoms with E-state index >= 15 is 0 Å². The van der Waals surface area contributed by atoms with E-state index in [9.17, 15) is 4.79 Å². The van der Waals surface area contributed by atoms with Crippen LogP contribution in [0.15, 0.2) is 12.3 Å². The zero-order valence-electron chi connectivity index (χ0n) is 9.17. The summed E-state index contributed by atoms with van der Waals surface area (Å²) >= 11 is 1.15. The van der Waals surface area contributed by atoms with E-state index in [0.29, 0.717) is 10.6 Å². The second kappa shape index (κ2) is 4.52. The Balaban J connectivity index is 2.34. The first-order valence-electron chi connectivity index (χ1n) is 5.08. The number of nitrogens with zero attached hydrogens (tertiary/aromatic N) is 4. The minimum atomic E-state index is -0.0431. The van der Waals surface area contributed by atoms with Gasteiger partial charge >= 0.3 is 0 Å². The van der Waals surface area contributed by atoms with Crippen LogP contribution in [0, 0.1) is 0 Å². The van der Waals surface area contributed by atoms with Crippen LogP contribution in [-0.2, 0) is 13.5 Å². The maximum atomic E-state index is 12.2. The van der Waals surface area contributed by atoms with Crippen molar-refractivity contribution in [3.05, 3.63) is 28.5 Å². The van der Waals surface area contributed by atoms with Crippen molar-refractivity contribution < 1.29 is 4.79 Å². The summed E-state index contributed by atoms with van der Waals surface area (Å²) in [4.78, 5) is 12.8. The zero-order valence-corrected chi connectivity index (χ0v) is 9.99. The number of aryl methyl sites for hydroxylation is 2. The van der Waals surface area contributed by atoms with Crippen LogP contribution in [0.3, 0.4) is 0 Å². The standard InChI is InChI=1S/C10H12N4OS/c1-3-4-7-10(16-13-12-7)9(15)8-5-6-11-14(8)2/h5-6H,3-4H2,1-2H3. The van der Waals surface area contributed by atoms with Crippen LogP contribution in [0.1, 0.15) is 34.4 Å². The normalized spacial score (nSPS) is 10.6. The predicted molar refractivity (Wildman–Crippen MR) is 60.5 cm³/mol. The summed E-state index contributed by atoms with van der Waals surface area (Å²) in [6, 6.07) is 1.71. The van der Waals surface area contributed by atoms with Gasteiger partial charge in [-0.1, -0.05) is 17.8 Å². The van der Waals surface area contributed by atoms with E-state index in [0.717, 1.165) is 30.1 Å². The van der Waals surface area contributed by atoms with Crippen LogP contribution in [-0.4, -0.2) is 25.2 Å². The summed E-state index contributed by atoms with van der Waals surface area (Å²) in [6.07, 6.45) is 3.35. The Bertz CT molecular complexity index is 502. The van der Waals surface area contributed by atoms with Crippen molar-refractivity contribution in [2.75, 3.05) is 0 Å². The van der Waals surface area contributed by atoms with Gasteiger partial charge in [0, 0.05) is 13.2 Å². The first-order chi connectivity index (χ1) is 7.74. The first-order valence-corrected chi connectivity index (χ1v) is 5.85. The first kappa shape index (κ1) is 10.9. The van der Waals surface area contributed by atoms with Crippen LogP contribution in [0.5, 0.6) is 0 Å². The Labute approximate surface area is 97.3 Å². The molecular formula is C10H12N4OS. The smallest absolute Gasteiger partial charge is 0.224 e. The molecule has 0 aliphatic rings. The fourth-order valence-electron chi connectivity index (χ4n) is 1.49. The zero-order chi connectivity index (χ0) is 11.5. The largest absolute Gasteiger partial charge is 0.286 e. The molecule has 5 nitrogen and oxygen atoms in total. The predicted octanol–water partition coefficient (Wildman–Crippen LogP) is 1.46. The van der Waals surface area contributed by atoms with Gasteiger partial charge in [0.05, 0.1) is 5.69 Å². The lowest BCUT2D eigenvalue weighted by Crippen LogP contribution is -2.08. The maximum Gasteiger partial charge on any atom is 0.224 e. The SMILES string of the molecule is CCCc1nnsc1C(=O)c1ccnn1C. The number of carbonyl (C=O) groups is 1. The Hall–Kier alpha value is -1.56. The van der Waals surface area contributed by atoms with Crippen LogP contribution in [0.25, 0.3) is 0 Å². The minimum absolute atomic E-state index is 0.0431. The molecule has 2 aromatic heterocycles. The molecule has 0 saturated heterocycles. The molecule has 0 fully saturated rings. The van der Waals surface area contributed by atoms with Crippen molar-refractivity contribution in [2.45, 2.75) is 19.8 Å². The summed E-state index contributed by atoms with van der Waals surface area (Å²) in [5.74, 6) is -0.0431. The molecule has 0 atom stereocenters. The van der Waals surface area contributed by atoms with E-state index < -0.39 is 0 Å². The third-order valence-corrected chi connectivity index (χ3v) is 3.07. The van der Waals surface area contributed by atoms with Gasteiger partial charge in [0.25, 0.3) is 0 Å². The molecule has 2 aromatic rings. The molecule has 0 bridgehead atoms. The molecule has 6 heteroatoms. The molecule has 0 aromatic carbocycles. The van der Waals surface area contributed by atoms with Crippen molar-refractivity contribution in [2.24, 2.45) is 7.05 Å². The third kappa shape index (κ3) is 1.88. The van der Waals surface area contributed by atoms with Crippen molar-refractivity contribution >= 4 is 17.3 Å². The quantitative estimate of drug-likeness (QED) is 0.754. The van der Waals surface area contributed by atoms with E-state index in [1.807, 2.05) is 0 Å². The topological polar surface area (TPSA) is 60.7 Å². The highest BCUT2D eigenvalue weighted by atomic mass is 32.1. The van der Waals surface area contributed by atoms with Crippen LogP contribution >= 0.6 is 11.5 Å². The van der Waals surface area contributed by atoms with Gasteiger partial charge in [-0.25, -0.2) is 0 Å². The van der Waals surface area contributed by atoms with Gasteiger partial charge in [0.15, 0.2) is 0 Å². The number of aromatic nitrogens is 4. The van der Waals surface area contributed by atoms with Crippen molar-refractivity contribution in [1.82, 2.24) is 19.4 Å². The number of hydrogen-bond donors (Lipinski definition) is 0. The van der Waals surface area contributed by atoms with Crippen LogP contribution < -0.4 is 0 Å². The highest BCUT2D eigenvalue weighted by molar-refractivity contribution is 7.08. The van der Waals surface area contributed by atoms with Gasteiger partial charge in [-0.15, -0.1) is 5.10 Å². The van der Waals surface area contributed by atoms with Crippen LogP contribution in [0.4, 0.5) is 0 Å². The van der Waals surface area contributed by atoms with Crippen LogP contribution in [0.2, 0.25) is 0 Å². The van der Waals surface area contributed by atoms with Crippen molar-refractivity contribution in [1.29, 1.82) is 0 Å². The minimum Gasteiger partial charge on any atom is -0.286 e. The Morgan fingerprint density at radius 2 is 2.38 bits per heavy atom. The summed E-state index contributed by atoms with van der Waals surface area (Å²) < 4.78 is 5.41. The van der Waals surface area contributed by atoms with E-state index in [2.05, 4.69) is 21.6 Å². The second-order valence-corrected chi connectivity index (χ2v) is 4.22. The monoisotopic (exact) mass is 236 g/mol. The van der Waals surface area contributed by atoms with Gasteiger partial charge < -0.3 is 0 Å². The fourth-order valence-corrected chi connectivity index (χ4v) is 2.15. The maximum absolute atomic E-state index is 12.2. The fraction of sp³-hybridized carbons (Fsp3) is 0.400. The molecule has 0 unspecified atom stereocenters. The Morgan fingerprint density at radius 1 is 1.56 bits per heavy atom. The lowest BCUT2D eigenvalue weighted by molar-refractivity contribution is 0.103. The van der Waals surface area contributed by atoms with Crippen molar-refractivity contribution in [3.8, 4) is 0 Å². The Morgan fingerprint density at radius 3 is 3.00 bits per heavy atom. The van der Waals surface area contributed by atoms with E-state index in [-0.39, 0.29) is 5.78 Å². The molecule has 0 amide bonds. The molecule has 0 N–H and O–H groups in total. The van der Waals surface area contributed by atoms with E-state index in [1.165, 1.54) is 0 Å². The van der Waals surface area contributed by atoms with Gasteiger partial charge in [0.2, 0.25) is 5.78 Å². The highest BCUT2D eigenvalue weighted by Gasteiger charge is 2.19. The van der Waals surface area contributed by atoms with Gasteiger partial charge in [-0.2, -0.15) is 5.10 Å². The molecule has 0 aliphatic carbocycles. The molecular weight excluding hydrogens is 224 g/mol. The number of ketones is 1. The molecule has 0 radical (unpaired) electrons. The molecule has 0 aliphatic heterocycles. The average molecular weight is 236 g/mol. The lowest BCUT2D eigenvalue weighted by atomic mass is 10.1. The van der Waals surface area contributed by atoms with Gasteiger partial charge in [0.1, 0.15) is 10.6 Å². The third-order valence-electron chi connectivity index (χ3n) is 2.30. The molecule has 0 spiro atoms. The van der Waals surface area contributed by atoms with Gasteiger partial charge in [-0.3, -0.25) is 9.48 Å². The lowest BCUT2D eigenvalue weighted by Gasteiger charge is -1.99.